The number of H-pyrrole nitrogens is 1. The first-order valence-electron chi connectivity index (χ1n) is 11.4. The lowest BCUT2D eigenvalue weighted by molar-refractivity contribution is 0.0735. The van der Waals surface area contributed by atoms with Gasteiger partial charge in [0.2, 0.25) is 5.43 Å². The number of rotatable bonds is 5. The molecular formula is C24H22ClN5O6S. The predicted molar refractivity (Wildman–Crippen MR) is 139 cm³/mol. The van der Waals surface area contributed by atoms with E-state index in [0.717, 1.165) is 10.9 Å². The highest BCUT2D eigenvalue weighted by Gasteiger charge is 2.22. The lowest BCUT2D eigenvalue weighted by Gasteiger charge is -2.27. The fraction of sp³-hybridized carbons (Fsp3) is 0.250. The van der Waals surface area contributed by atoms with Gasteiger partial charge in [-0.15, -0.1) is 5.10 Å². The van der Waals surface area contributed by atoms with Crippen molar-refractivity contribution in [3.63, 3.8) is 0 Å². The molecule has 0 spiro atoms. The number of carbonyl (C=O) groups is 1. The molecule has 3 heterocycles. The number of piperazine rings is 1. The van der Waals surface area contributed by atoms with Crippen molar-refractivity contribution < 1.29 is 17.4 Å². The SMILES string of the molecule is CS(=O)(=O)Oc1nn(Cc2cccc(C(=O)N3CCNCC3)c2)c(=O)c2c(=O)c3ccc(Cl)cc3[nH]c12. The van der Waals surface area contributed by atoms with Crippen molar-refractivity contribution in [1.82, 2.24) is 25.0 Å². The fourth-order valence-corrected chi connectivity index (χ4v) is 4.87. The molecule has 0 aliphatic carbocycles. The molecule has 37 heavy (non-hydrogen) atoms. The number of pyridine rings is 1. The fourth-order valence-electron chi connectivity index (χ4n) is 4.30. The minimum absolute atomic E-state index is 0.129. The number of hydrogen-bond donors (Lipinski definition) is 2. The molecule has 1 saturated heterocycles. The standard InChI is InChI=1S/C24H22ClN5O6S/c1-37(34,35)36-22-20-19(21(31)17-6-5-16(25)12-18(17)27-20)24(33)30(28-22)13-14-3-2-4-15(11-14)23(32)29-9-7-26-8-10-29/h2-6,11-12,26H,7-10,13H2,1H3,(H,27,31). The van der Waals surface area contributed by atoms with E-state index in [1.807, 2.05) is 0 Å². The maximum absolute atomic E-state index is 13.4. The Balaban J connectivity index is 1.63. The molecule has 2 aromatic carbocycles. The molecule has 4 aromatic rings. The van der Waals surface area contributed by atoms with Gasteiger partial charge in [0.1, 0.15) is 10.9 Å². The quantitative estimate of drug-likeness (QED) is 0.283. The third-order valence-electron chi connectivity index (χ3n) is 5.98. The van der Waals surface area contributed by atoms with Crippen LogP contribution >= 0.6 is 11.6 Å². The van der Waals surface area contributed by atoms with Gasteiger partial charge < -0.3 is 19.4 Å². The monoisotopic (exact) mass is 543 g/mol. The van der Waals surface area contributed by atoms with Gasteiger partial charge in [-0.25, -0.2) is 4.68 Å². The third kappa shape index (κ3) is 5.08. The number of benzene rings is 2. The predicted octanol–water partition coefficient (Wildman–Crippen LogP) is 1.32. The van der Waals surface area contributed by atoms with Gasteiger partial charge >= 0.3 is 10.1 Å². The van der Waals surface area contributed by atoms with E-state index >= 15 is 0 Å². The summed E-state index contributed by atoms with van der Waals surface area (Å²) >= 11 is 6.04. The Morgan fingerprint density at radius 3 is 2.62 bits per heavy atom. The van der Waals surface area contributed by atoms with Crippen molar-refractivity contribution in [2.75, 3.05) is 32.4 Å². The van der Waals surface area contributed by atoms with Gasteiger partial charge in [0.25, 0.3) is 17.3 Å². The summed E-state index contributed by atoms with van der Waals surface area (Å²) in [7, 11) is -4.06. The molecule has 1 aliphatic heterocycles. The second-order valence-corrected chi connectivity index (χ2v) is 10.7. The van der Waals surface area contributed by atoms with Crippen LogP contribution in [0.5, 0.6) is 5.88 Å². The van der Waals surface area contributed by atoms with Crippen LogP contribution in [-0.4, -0.2) is 66.4 Å². The second-order valence-electron chi connectivity index (χ2n) is 8.69. The van der Waals surface area contributed by atoms with Crippen LogP contribution in [0.3, 0.4) is 0 Å². The molecular weight excluding hydrogens is 522 g/mol. The van der Waals surface area contributed by atoms with Crippen LogP contribution in [-0.2, 0) is 16.7 Å². The maximum atomic E-state index is 13.4. The Labute approximate surface area is 215 Å². The molecule has 2 N–H and O–H groups in total. The van der Waals surface area contributed by atoms with Gasteiger partial charge in [0.15, 0.2) is 0 Å². The average molecular weight is 544 g/mol. The van der Waals surface area contributed by atoms with Crippen LogP contribution in [0.25, 0.3) is 21.8 Å². The molecule has 0 radical (unpaired) electrons. The summed E-state index contributed by atoms with van der Waals surface area (Å²) in [6.07, 6.45) is 0.831. The zero-order valence-electron chi connectivity index (χ0n) is 19.7. The van der Waals surface area contributed by atoms with Crippen LogP contribution in [0.1, 0.15) is 15.9 Å². The summed E-state index contributed by atoms with van der Waals surface area (Å²) in [4.78, 5) is 44.2. The van der Waals surface area contributed by atoms with E-state index in [1.165, 1.54) is 18.2 Å². The normalized spacial score (nSPS) is 14.3. The highest BCUT2D eigenvalue weighted by Crippen LogP contribution is 2.23. The summed E-state index contributed by atoms with van der Waals surface area (Å²) in [6, 6.07) is 11.2. The van der Waals surface area contributed by atoms with Crippen LogP contribution in [0, 0.1) is 0 Å². The van der Waals surface area contributed by atoms with Gasteiger partial charge in [-0.2, -0.15) is 8.42 Å². The lowest BCUT2D eigenvalue weighted by atomic mass is 10.1. The second kappa shape index (κ2) is 9.61. The van der Waals surface area contributed by atoms with Crippen LogP contribution < -0.4 is 20.5 Å². The van der Waals surface area contributed by atoms with Gasteiger partial charge in [-0.05, 0) is 35.9 Å². The summed E-state index contributed by atoms with van der Waals surface area (Å²) in [5.41, 5.74) is -0.225. The third-order valence-corrected chi connectivity index (χ3v) is 6.67. The summed E-state index contributed by atoms with van der Waals surface area (Å²) in [5, 5.41) is 7.53. The number of halogens is 1. The van der Waals surface area contributed by atoms with Crippen molar-refractivity contribution in [3.8, 4) is 5.88 Å². The Kier molecular flexibility index (Phi) is 6.48. The molecule has 192 valence electrons. The number of nitrogens with one attached hydrogen (secondary N) is 2. The Hall–Kier alpha value is -3.74. The number of nitrogens with zero attached hydrogens (tertiary/aromatic N) is 3. The molecule has 0 bridgehead atoms. The van der Waals surface area contributed by atoms with E-state index in [1.54, 1.807) is 29.2 Å². The zero-order valence-corrected chi connectivity index (χ0v) is 21.2. The van der Waals surface area contributed by atoms with Gasteiger partial charge in [0.05, 0.1) is 18.3 Å². The number of hydrogen-bond acceptors (Lipinski definition) is 8. The molecule has 0 atom stereocenters. The van der Waals surface area contributed by atoms with Gasteiger partial charge in [-0.1, -0.05) is 23.7 Å². The molecule has 13 heteroatoms. The molecule has 1 fully saturated rings. The van der Waals surface area contributed by atoms with Crippen molar-refractivity contribution in [2.45, 2.75) is 6.54 Å². The minimum Gasteiger partial charge on any atom is -0.358 e. The van der Waals surface area contributed by atoms with Crippen LogP contribution in [0.15, 0.2) is 52.1 Å². The van der Waals surface area contributed by atoms with E-state index in [0.29, 0.717) is 47.8 Å². The molecule has 0 unspecified atom stereocenters. The van der Waals surface area contributed by atoms with E-state index in [4.69, 9.17) is 15.8 Å². The topological polar surface area (TPSA) is 143 Å². The van der Waals surface area contributed by atoms with Crippen molar-refractivity contribution in [1.29, 1.82) is 0 Å². The van der Waals surface area contributed by atoms with Crippen molar-refractivity contribution in [2.24, 2.45) is 0 Å². The van der Waals surface area contributed by atoms with E-state index in [9.17, 15) is 22.8 Å². The first-order chi connectivity index (χ1) is 17.6. The first-order valence-corrected chi connectivity index (χ1v) is 13.5. The first kappa shape index (κ1) is 24.9. The Morgan fingerprint density at radius 2 is 1.89 bits per heavy atom. The Bertz CT molecular complexity index is 1780. The number of aromatic nitrogens is 3. The lowest BCUT2D eigenvalue weighted by Crippen LogP contribution is -2.46. The smallest absolute Gasteiger partial charge is 0.307 e. The number of aromatic amines is 1. The minimum atomic E-state index is -4.06. The summed E-state index contributed by atoms with van der Waals surface area (Å²) < 4.78 is 29.9. The molecule has 1 amide bonds. The molecule has 2 aromatic heterocycles. The molecule has 5 rings (SSSR count). The highest BCUT2D eigenvalue weighted by atomic mass is 35.5. The maximum Gasteiger partial charge on any atom is 0.307 e. The molecule has 1 aliphatic rings. The van der Waals surface area contributed by atoms with Crippen molar-refractivity contribution in [3.05, 3.63) is 79.2 Å². The van der Waals surface area contributed by atoms with Gasteiger partial charge in [0, 0.05) is 42.2 Å². The van der Waals surface area contributed by atoms with E-state index in [-0.39, 0.29) is 28.7 Å². The van der Waals surface area contributed by atoms with E-state index < -0.39 is 27.0 Å². The zero-order chi connectivity index (χ0) is 26.3. The van der Waals surface area contributed by atoms with Crippen LogP contribution in [0.2, 0.25) is 5.02 Å². The highest BCUT2D eigenvalue weighted by molar-refractivity contribution is 7.86. The largest absolute Gasteiger partial charge is 0.358 e. The summed E-state index contributed by atoms with van der Waals surface area (Å²) in [6.45, 7) is 2.46. The number of amides is 1. The van der Waals surface area contributed by atoms with Gasteiger partial charge in [-0.3, -0.25) is 14.4 Å². The average Bonchev–Trinajstić information content (AvgIpc) is 2.86. The molecule has 0 saturated carbocycles. The Morgan fingerprint density at radius 1 is 1.14 bits per heavy atom. The summed E-state index contributed by atoms with van der Waals surface area (Å²) in [5.74, 6) is -0.589. The number of carbonyl (C=O) groups excluding carboxylic acids is 1. The van der Waals surface area contributed by atoms with Crippen molar-refractivity contribution >= 4 is 49.4 Å². The molecule has 11 nitrogen and oxygen atoms in total. The van der Waals surface area contributed by atoms with Crippen LogP contribution in [0.4, 0.5) is 0 Å². The van der Waals surface area contributed by atoms with E-state index in [2.05, 4.69) is 15.4 Å². The number of fused-ring (bicyclic) bond motifs is 2.